The van der Waals surface area contributed by atoms with Crippen LogP contribution in [0.25, 0.3) is 22.2 Å². The Bertz CT molecular complexity index is 980. The van der Waals surface area contributed by atoms with E-state index in [1.54, 1.807) is 18.2 Å². The number of hydrogen-bond donors (Lipinski definition) is 4. The summed E-state index contributed by atoms with van der Waals surface area (Å²) in [5.74, 6) is -0.783. The van der Waals surface area contributed by atoms with Crippen LogP contribution in [0.5, 0.6) is 0 Å². The fraction of sp³-hybridized carbons (Fsp3) is 0.286. The van der Waals surface area contributed by atoms with Gasteiger partial charge in [-0.15, -0.1) is 0 Å². The van der Waals surface area contributed by atoms with Crippen molar-refractivity contribution in [2.75, 3.05) is 5.32 Å². The molecule has 6 heteroatoms. The van der Waals surface area contributed by atoms with Gasteiger partial charge in [0.15, 0.2) is 0 Å². The maximum Gasteiger partial charge on any atom is 0.250 e. The molecule has 1 aliphatic rings. The number of halogens is 1. The molecule has 1 aromatic heterocycles. The van der Waals surface area contributed by atoms with E-state index in [1.165, 1.54) is 12.1 Å². The number of anilines is 1. The first kappa shape index (κ1) is 17.5. The fourth-order valence-electron chi connectivity index (χ4n) is 3.87. The van der Waals surface area contributed by atoms with Gasteiger partial charge in [0.1, 0.15) is 5.82 Å². The van der Waals surface area contributed by atoms with Crippen molar-refractivity contribution in [3.8, 4) is 11.3 Å². The minimum atomic E-state index is -0.492. The van der Waals surface area contributed by atoms with Gasteiger partial charge < -0.3 is 21.8 Å². The SMILES string of the molecule is NC(=O)c1ccc(N[C@@H]2CCCC[C@H]2N)c2cc(-c3ccc(F)cc3)[nH]c12. The second-order valence-electron chi connectivity index (χ2n) is 7.20. The summed E-state index contributed by atoms with van der Waals surface area (Å²) < 4.78 is 13.2. The molecule has 0 aliphatic heterocycles. The Labute approximate surface area is 156 Å². The molecule has 5 nitrogen and oxygen atoms in total. The number of carbonyl (C=O) groups excluding carboxylic acids is 1. The quantitative estimate of drug-likeness (QED) is 0.566. The summed E-state index contributed by atoms with van der Waals surface area (Å²) in [6.07, 6.45) is 4.35. The molecule has 4 rings (SSSR count). The molecule has 2 aromatic carbocycles. The van der Waals surface area contributed by atoms with Gasteiger partial charge in [0, 0.05) is 28.9 Å². The van der Waals surface area contributed by atoms with Crippen LogP contribution in [0.15, 0.2) is 42.5 Å². The van der Waals surface area contributed by atoms with Gasteiger partial charge in [-0.2, -0.15) is 0 Å². The molecule has 0 saturated heterocycles. The number of primary amides is 1. The predicted octanol–water partition coefficient (Wildman–Crippen LogP) is 3.75. The lowest BCUT2D eigenvalue weighted by Crippen LogP contribution is -2.42. The number of aromatic nitrogens is 1. The minimum absolute atomic E-state index is 0.111. The zero-order valence-corrected chi connectivity index (χ0v) is 15.0. The van der Waals surface area contributed by atoms with Gasteiger partial charge in [-0.25, -0.2) is 4.39 Å². The van der Waals surface area contributed by atoms with E-state index in [9.17, 15) is 9.18 Å². The summed E-state index contributed by atoms with van der Waals surface area (Å²) in [5, 5.41) is 4.43. The number of amides is 1. The molecule has 1 fully saturated rings. The van der Waals surface area contributed by atoms with Crippen molar-refractivity contribution in [2.45, 2.75) is 37.8 Å². The summed E-state index contributed by atoms with van der Waals surface area (Å²) in [6.45, 7) is 0. The predicted molar refractivity (Wildman–Crippen MR) is 106 cm³/mol. The van der Waals surface area contributed by atoms with Crippen LogP contribution in [-0.2, 0) is 0 Å². The van der Waals surface area contributed by atoms with E-state index >= 15 is 0 Å². The average Bonchev–Trinajstić information content (AvgIpc) is 3.09. The summed E-state index contributed by atoms with van der Waals surface area (Å²) in [4.78, 5) is 15.1. The van der Waals surface area contributed by atoms with Crippen LogP contribution in [0, 0.1) is 5.82 Å². The standard InChI is InChI=1S/C21H23FN4O/c22-13-7-5-12(6-8-13)19-11-15-17(25-18-4-2-1-3-16(18)23)10-9-14(21(24)27)20(15)26-19/h5-11,16,18,25-26H,1-4,23H2,(H2,24,27)/t16-,18-/m1/s1. The molecule has 27 heavy (non-hydrogen) atoms. The van der Waals surface area contributed by atoms with E-state index in [0.29, 0.717) is 11.1 Å². The number of nitrogens with one attached hydrogen (secondary N) is 2. The van der Waals surface area contributed by atoms with E-state index in [-0.39, 0.29) is 17.9 Å². The normalized spacial score (nSPS) is 19.9. The third-order valence-electron chi connectivity index (χ3n) is 5.37. The van der Waals surface area contributed by atoms with Gasteiger partial charge in [0.2, 0.25) is 0 Å². The summed E-state index contributed by atoms with van der Waals surface area (Å²) in [5.41, 5.74) is 15.5. The fourth-order valence-corrected chi connectivity index (χ4v) is 3.87. The van der Waals surface area contributed by atoms with Crippen LogP contribution in [0.3, 0.4) is 0 Å². The Hall–Kier alpha value is -2.86. The number of rotatable bonds is 4. The van der Waals surface area contributed by atoms with E-state index in [1.807, 2.05) is 12.1 Å². The molecule has 6 N–H and O–H groups in total. The van der Waals surface area contributed by atoms with E-state index < -0.39 is 5.91 Å². The molecule has 0 bridgehead atoms. The van der Waals surface area contributed by atoms with Crippen molar-refractivity contribution in [1.82, 2.24) is 4.98 Å². The van der Waals surface area contributed by atoms with Crippen LogP contribution >= 0.6 is 0 Å². The smallest absolute Gasteiger partial charge is 0.250 e. The summed E-state index contributed by atoms with van der Waals surface area (Å²) in [7, 11) is 0. The molecule has 1 amide bonds. The van der Waals surface area contributed by atoms with E-state index in [2.05, 4.69) is 10.3 Å². The molecule has 140 valence electrons. The van der Waals surface area contributed by atoms with E-state index in [0.717, 1.165) is 48.0 Å². The second-order valence-corrected chi connectivity index (χ2v) is 7.20. The Morgan fingerprint density at radius 2 is 1.85 bits per heavy atom. The molecular weight excluding hydrogens is 343 g/mol. The Kier molecular flexibility index (Phi) is 4.58. The number of carbonyl (C=O) groups is 1. The lowest BCUT2D eigenvalue weighted by Gasteiger charge is -2.30. The van der Waals surface area contributed by atoms with Crippen molar-refractivity contribution in [3.63, 3.8) is 0 Å². The number of H-pyrrole nitrogens is 1. The second kappa shape index (κ2) is 7.04. The lowest BCUT2D eigenvalue weighted by molar-refractivity contribution is 0.100. The van der Waals surface area contributed by atoms with Gasteiger partial charge in [-0.1, -0.05) is 12.8 Å². The van der Waals surface area contributed by atoms with Crippen LogP contribution in [0.4, 0.5) is 10.1 Å². The third-order valence-corrected chi connectivity index (χ3v) is 5.37. The number of fused-ring (bicyclic) bond motifs is 1. The van der Waals surface area contributed by atoms with Gasteiger partial charge in [-0.05, 0) is 60.9 Å². The highest BCUT2D eigenvalue weighted by molar-refractivity contribution is 6.09. The topological polar surface area (TPSA) is 96.9 Å². The number of aromatic amines is 1. The number of benzene rings is 2. The first-order valence-corrected chi connectivity index (χ1v) is 9.26. The Balaban J connectivity index is 1.79. The first-order valence-electron chi connectivity index (χ1n) is 9.26. The van der Waals surface area contributed by atoms with Crippen molar-refractivity contribution in [2.24, 2.45) is 11.5 Å². The molecule has 0 unspecified atom stereocenters. The van der Waals surface area contributed by atoms with Crippen LogP contribution < -0.4 is 16.8 Å². The zero-order valence-electron chi connectivity index (χ0n) is 15.0. The van der Waals surface area contributed by atoms with Gasteiger partial charge in [-0.3, -0.25) is 4.79 Å². The molecule has 1 heterocycles. The molecule has 2 atom stereocenters. The molecular formula is C21H23FN4O. The molecule has 3 aromatic rings. The maximum absolute atomic E-state index is 13.2. The van der Waals surface area contributed by atoms with Crippen LogP contribution in [-0.4, -0.2) is 23.0 Å². The molecule has 1 saturated carbocycles. The maximum atomic E-state index is 13.2. The summed E-state index contributed by atoms with van der Waals surface area (Å²) >= 11 is 0. The monoisotopic (exact) mass is 366 g/mol. The Morgan fingerprint density at radius 3 is 2.56 bits per heavy atom. The largest absolute Gasteiger partial charge is 0.380 e. The van der Waals surface area contributed by atoms with Crippen LogP contribution in [0.2, 0.25) is 0 Å². The van der Waals surface area contributed by atoms with Gasteiger partial charge >= 0.3 is 0 Å². The van der Waals surface area contributed by atoms with Crippen molar-refractivity contribution in [1.29, 1.82) is 0 Å². The van der Waals surface area contributed by atoms with Crippen molar-refractivity contribution in [3.05, 3.63) is 53.8 Å². The number of nitrogens with two attached hydrogens (primary N) is 2. The highest BCUT2D eigenvalue weighted by atomic mass is 19.1. The van der Waals surface area contributed by atoms with Crippen LogP contribution in [0.1, 0.15) is 36.0 Å². The first-order chi connectivity index (χ1) is 13.0. The minimum Gasteiger partial charge on any atom is -0.380 e. The highest BCUT2D eigenvalue weighted by Crippen LogP contribution is 2.33. The van der Waals surface area contributed by atoms with Gasteiger partial charge in [0.05, 0.1) is 11.1 Å². The summed E-state index contributed by atoms with van der Waals surface area (Å²) in [6, 6.07) is 12.1. The van der Waals surface area contributed by atoms with Gasteiger partial charge in [0.25, 0.3) is 5.91 Å². The molecule has 0 spiro atoms. The van der Waals surface area contributed by atoms with E-state index in [4.69, 9.17) is 11.5 Å². The average molecular weight is 366 g/mol. The lowest BCUT2D eigenvalue weighted by atomic mass is 9.90. The highest BCUT2D eigenvalue weighted by Gasteiger charge is 2.23. The van der Waals surface area contributed by atoms with Crippen molar-refractivity contribution < 1.29 is 9.18 Å². The third kappa shape index (κ3) is 3.40. The molecule has 0 radical (unpaired) electrons. The Morgan fingerprint density at radius 1 is 1.11 bits per heavy atom. The van der Waals surface area contributed by atoms with Crippen molar-refractivity contribution >= 4 is 22.5 Å². The number of hydrogen-bond acceptors (Lipinski definition) is 3. The zero-order chi connectivity index (χ0) is 19.0. The molecule has 1 aliphatic carbocycles.